The van der Waals surface area contributed by atoms with Crippen molar-refractivity contribution in [3.8, 4) is 0 Å². The Labute approximate surface area is 125 Å². The first kappa shape index (κ1) is 15.1. The minimum absolute atomic E-state index is 0.00476. The summed E-state index contributed by atoms with van der Waals surface area (Å²) in [6.07, 6.45) is 6.17. The van der Waals surface area contributed by atoms with Gasteiger partial charge in [-0.2, -0.15) is 0 Å². The summed E-state index contributed by atoms with van der Waals surface area (Å²) in [6, 6.07) is 7.94. The van der Waals surface area contributed by atoms with Gasteiger partial charge in [-0.1, -0.05) is 42.7 Å². The van der Waals surface area contributed by atoms with Crippen LogP contribution in [0.15, 0.2) is 36.9 Å². The maximum absolute atomic E-state index is 11.7. The minimum Gasteiger partial charge on any atom is -0.352 e. The zero-order valence-corrected chi connectivity index (χ0v) is 12.4. The van der Waals surface area contributed by atoms with Crippen LogP contribution in [0.1, 0.15) is 31.2 Å². The summed E-state index contributed by atoms with van der Waals surface area (Å²) in [5.41, 5.74) is 1.13. The average Bonchev–Trinajstić information content (AvgIpc) is 2.93. The van der Waals surface area contributed by atoms with Crippen LogP contribution in [0.5, 0.6) is 0 Å². The summed E-state index contributed by atoms with van der Waals surface area (Å²) >= 11 is 5.95. The fourth-order valence-electron chi connectivity index (χ4n) is 2.81. The highest BCUT2D eigenvalue weighted by molar-refractivity contribution is 6.30. The zero-order valence-electron chi connectivity index (χ0n) is 11.6. The number of hydrogen-bond donors (Lipinski definition) is 2. The van der Waals surface area contributed by atoms with Gasteiger partial charge in [0.1, 0.15) is 0 Å². The zero-order chi connectivity index (χ0) is 14.4. The van der Waals surface area contributed by atoms with E-state index in [0.29, 0.717) is 13.1 Å². The standard InChI is InChI=1S/C16H21ClN2O/c1-2-11-18-15(20)12-19-16(9-3-4-10-16)13-5-7-14(17)8-6-13/h2,5-8,19H,1,3-4,9-12H2,(H,18,20). The van der Waals surface area contributed by atoms with Crippen LogP contribution in [-0.2, 0) is 10.3 Å². The van der Waals surface area contributed by atoms with Crippen LogP contribution in [0.4, 0.5) is 0 Å². The Kier molecular flexibility index (Phi) is 5.21. The molecule has 1 aromatic rings. The number of benzene rings is 1. The van der Waals surface area contributed by atoms with E-state index in [9.17, 15) is 4.79 Å². The van der Waals surface area contributed by atoms with Gasteiger partial charge in [0.15, 0.2) is 0 Å². The molecule has 0 atom stereocenters. The SMILES string of the molecule is C=CCNC(=O)CNC1(c2ccc(Cl)cc2)CCCC1. The van der Waals surface area contributed by atoms with Crippen molar-refractivity contribution in [2.45, 2.75) is 31.2 Å². The molecule has 0 unspecified atom stereocenters. The summed E-state index contributed by atoms with van der Waals surface area (Å²) in [7, 11) is 0. The summed E-state index contributed by atoms with van der Waals surface area (Å²) < 4.78 is 0. The van der Waals surface area contributed by atoms with E-state index in [1.54, 1.807) is 6.08 Å². The van der Waals surface area contributed by atoms with Gasteiger partial charge in [0, 0.05) is 17.1 Å². The summed E-state index contributed by atoms with van der Waals surface area (Å²) in [5, 5.41) is 6.98. The smallest absolute Gasteiger partial charge is 0.234 e. The molecule has 1 amide bonds. The molecule has 108 valence electrons. The average molecular weight is 293 g/mol. The second-order valence-corrected chi connectivity index (χ2v) is 5.68. The molecule has 0 aromatic heterocycles. The minimum atomic E-state index is -0.0872. The van der Waals surface area contributed by atoms with E-state index >= 15 is 0 Å². The Morgan fingerprint density at radius 3 is 2.55 bits per heavy atom. The highest BCUT2D eigenvalue weighted by atomic mass is 35.5. The van der Waals surface area contributed by atoms with Crippen molar-refractivity contribution in [1.29, 1.82) is 0 Å². The first-order valence-corrected chi connectivity index (χ1v) is 7.43. The molecule has 0 spiro atoms. The second-order valence-electron chi connectivity index (χ2n) is 5.24. The first-order valence-electron chi connectivity index (χ1n) is 7.05. The molecular weight excluding hydrogens is 272 g/mol. The molecule has 1 aromatic carbocycles. The van der Waals surface area contributed by atoms with Crippen LogP contribution in [0.3, 0.4) is 0 Å². The van der Waals surface area contributed by atoms with Crippen LogP contribution in [0.2, 0.25) is 5.02 Å². The van der Waals surface area contributed by atoms with Crippen molar-refractivity contribution >= 4 is 17.5 Å². The normalized spacial score (nSPS) is 16.9. The lowest BCUT2D eigenvalue weighted by atomic mass is 9.88. The van der Waals surface area contributed by atoms with Crippen molar-refractivity contribution in [1.82, 2.24) is 10.6 Å². The number of rotatable bonds is 6. The molecule has 0 saturated heterocycles. The van der Waals surface area contributed by atoms with Crippen LogP contribution in [-0.4, -0.2) is 19.0 Å². The van der Waals surface area contributed by atoms with E-state index in [-0.39, 0.29) is 11.4 Å². The van der Waals surface area contributed by atoms with Crippen molar-refractivity contribution in [2.24, 2.45) is 0 Å². The Morgan fingerprint density at radius 2 is 1.95 bits per heavy atom. The third-order valence-corrected chi connectivity index (χ3v) is 4.14. The highest BCUT2D eigenvalue weighted by Crippen LogP contribution is 2.38. The van der Waals surface area contributed by atoms with Gasteiger partial charge in [-0.15, -0.1) is 6.58 Å². The van der Waals surface area contributed by atoms with Crippen LogP contribution in [0.25, 0.3) is 0 Å². The van der Waals surface area contributed by atoms with E-state index < -0.39 is 0 Å². The molecule has 2 N–H and O–H groups in total. The van der Waals surface area contributed by atoms with Gasteiger partial charge in [-0.05, 0) is 30.5 Å². The maximum atomic E-state index is 11.7. The van der Waals surface area contributed by atoms with Crippen molar-refractivity contribution in [3.05, 3.63) is 47.5 Å². The van der Waals surface area contributed by atoms with Crippen LogP contribution in [0, 0.1) is 0 Å². The van der Waals surface area contributed by atoms with E-state index in [0.717, 1.165) is 17.9 Å². The maximum Gasteiger partial charge on any atom is 0.234 e. The Balaban J connectivity index is 2.04. The molecule has 0 bridgehead atoms. The summed E-state index contributed by atoms with van der Waals surface area (Å²) in [5.74, 6) is 0.00476. The number of halogens is 1. The van der Waals surface area contributed by atoms with Gasteiger partial charge < -0.3 is 5.32 Å². The molecule has 0 aliphatic heterocycles. The number of nitrogens with one attached hydrogen (secondary N) is 2. The van der Waals surface area contributed by atoms with Gasteiger partial charge in [0.25, 0.3) is 0 Å². The van der Waals surface area contributed by atoms with Gasteiger partial charge in [-0.3, -0.25) is 10.1 Å². The topological polar surface area (TPSA) is 41.1 Å². The molecule has 2 rings (SSSR count). The van der Waals surface area contributed by atoms with E-state index in [2.05, 4.69) is 29.3 Å². The van der Waals surface area contributed by atoms with Gasteiger partial charge >= 0.3 is 0 Å². The summed E-state index contributed by atoms with van der Waals surface area (Å²) in [6.45, 7) is 4.43. The third-order valence-electron chi connectivity index (χ3n) is 3.88. The molecule has 0 heterocycles. The van der Waals surface area contributed by atoms with E-state index in [4.69, 9.17) is 11.6 Å². The molecule has 4 heteroatoms. The Morgan fingerprint density at radius 1 is 1.30 bits per heavy atom. The highest BCUT2D eigenvalue weighted by Gasteiger charge is 2.35. The second kappa shape index (κ2) is 6.91. The molecule has 1 saturated carbocycles. The molecule has 1 aliphatic rings. The number of carbonyl (C=O) groups excluding carboxylic acids is 1. The number of amides is 1. The Hall–Kier alpha value is -1.32. The van der Waals surface area contributed by atoms with Crippen molar-refractivity contribution in [2.75, 3.05) is 13.1 Å². The van der Waals surface area contributed by atoms with Crippen molar-refractivity contribution < 1.29 is 4.79 Å². The van der Waals surface area contributed by atoms with E-state index in [1.165, 1.54) is 18.4 Å². The molecular formula is C16H21ClN2O. The fraction of sp³-hybridized carbons (Fsp3) is 0.438. The lowest BCUT2D eigenvalue weighted by molar-refractivity contribution is -0.120. The van der Waals surface area contributed by atoms with E-state index in [1.807, 2.05) is 12.1 Å². The van der Waals surface area contributed by atoms with Crippen LogP contribution >= 0.6 is 11.6 Å². The molecule has 20 heavy (non-hydrogen) atoms. The summed E-state index contributed by atoms with van der Waals surface area (Å²) in [4.78, 5) is 11.7. The largest absolute Gasteiger partial charge is 0.352 e. The number of carbonyl (C=O) groups is 1. The lowest BCUT2D eigenvalue weighted by Crippen LogP contribution is -2.45. The van der Waals surface area contributed by atoms with Gasteiger partial charge in [0.05, 0.1) is 6.54 Å². The predicted octanol–water partition coefficient (Wildman–Crippen LogP) is 3.00. The predicted molar refractivity (Wildman–Crippen MR) is 82.8 cm³/mol. The van der Waals surface area contributed by atoms with Gasteiger partial charge in [-0.25, -0.2) is 0 Å². The number of hydrogen-bond acceptors (Lipinski definition) is 2. The first-order chi connectivity index (χ1) is 9.66. The monoisotopic (exact) mass is 292 g/mol. The molecule has 1 fully saturated rings. The molecule has 0 radical (unpaired) electrons. The molecule has 3 nitrogen and oxygen atoms in total. The third kappa shape index (κ3) is 3.62. The fourth-order valence-corrected chi connectivity index (χ4v) is 2.94. The van der Waals surface area contributed by atoms with Crippen LogP contribution < -0.4 is 10.6 Å². The molecule has 1 aliphatic carbocycles. The van der Waals surface area contributed by atoms with Crippen molar-refractivity contribution in [3.63, 3.8) is 0 Å². The van der Waals surface area contributed by atoms with Gasteiger partial charge in [0.2, 0.25) is 5.91 Å². The quantitative estimate of drug-likeness (QED) is 0.792. The Bertz CT molecular complexity index is 464. The lowest BCUT2D eigenvalue weighted by Gasteiger charge is -2.31.